The monoisotopic (exact) mass is 243 g/mol. The molecule has 0 aliphatic heterocycles. The Morgan fingerprint density at radius 1 is 1.11 bits per heavy atom. The van der Waals surface area contributed by atoms with Crippen LogP contribution in [-0.4, -0.2) is 6.54 Å². The molecule has 1 nitrogen and oxygen atoms in total. The summed E-state index contributed by atoms with van der Waals surface area (Å²) in [6, 6.07) is 10.7. The van der Waals surface area contributed by atoms with Crippen LogP contribution >= 0.6 is 0 Å². The number of allylic oxidation sites excluding steroid dienone is 1. The van der Waals surface area contributed by atoms with E-state index >= 15 is 0 Å². The number of nitrogens with one attached hydrogen (secondary N) is 1. The molecule has 1 fully saturated rings. The highest BCUT2D eigenvalue weighted by molar-refractivity contribution is 5.14. The lowest BCUT2D eigenvalue weighted by Crippen LogP contribution is -2.34. The number of benzene rings is 1. The third-order valence-electron chi connectivity index (χ3n) is 4.02. The first-order chi connectivity index (χ1) is 8.85. The second-order valence-electron chi connectivity index (χ2n) is 5.51. The standard InChI is InChI=1S/C17H25N/c1-2-11-17(12-7-4-8-13-17)15-18-14-16-9-5-3-6-10-16/h2-3,5-6,9-11,18H,4,7-8,12-15H2,1H3/b11-2+. The summed E-state index contributed by atoms with van der Waals surface area (Å²) in [6.07, 6.45) is 11.5. The maximum Gasteiger partial charge on any atom is 0.0205 e. The molecule has 0 saturated heterocycles. The summed E-state index contributed by atoms with van der Waals surface area (Å²) < 4.78 is 0. The van der Waals surface area contributed by atoms with Crippen molar-refractivity contribution in [3.63, 3.8) is 0 Å². The van der Waals surface area contributed by atoms with Gasteiger partial charge in [0.1, 0.15) is 0 Å². The molecule has 1 aliphatic carbocycles. The molecule has 1 aromatic carbocycles. The van der Waals surface area contributed by atoms with Crippen LogP contribution in [0.2, 0.25) is 0 Å². The predicted molar refractivity (Wildman–Crippen MR) is 78.5 cm³/mol. The van der Waals surface area contributed by atoms with Crippen LogP contribution in [0.15, 0.2) is 42.5 Å². The molecule has 1 aliphatic rings. The van der Waals surface area contributed by atoms with Crippen molar-refractivity contribution in [2.24, 2.45) is 5.41 Å². The molecule has 0 aromatic heterocycles. The van der Waals surface area contributed by atoms with Crippen LogP contribution in [0.5, 0.6) is 0 Å². The van der Waals surface area contributed by atoms with Gasteiger partial charge in [0.05, 0.1) is 0 Å². The third-order valence-corrected chi connectivity index (χ3v) is 4.02. The van der Waals surface area contributed by atoms with E-state index in [1.165, 1.54) is 37.7 Å². The Kier molecular flexibility index (Phi) is 5.00. The van der Waals surface area contributed by atoms with Gasteiger partial charge >= 0.3 is 0 Å². The Hall–Kier alpha value is -1.08. The van der Waals surface area contributed by atoms with Gasteiger partial charge < -0.3 is 5.32 Å². The van der Waals surface area contributed by atoms with Gasteiger partial charge in [-0.25, -0.2) is 0 Å². The van der Waals surface area contributed by atoms with Crippen LogP contribution in [0.4, 0.5) is 0 Å². The van der Waals surface area contributed by atoms with Crippen LogP contribution in [0.3, 0.4) is 0 Å². The van der Waals surface area contributed by atoms with E-state index < -0.39 is 0 Å². The molecule has 0 radical (unpaired) electrons. The van der Waals surface area contributed by atoms with Crippen molar-refractivity contribution in [2.75, 3.05) is 6.54 Å². The molecule has 0 amide bonds. The Labute approximate surface area is 111 Å². The van der Waals surface area contributed by atoms with Gasteiger partial charge in [0.15, 0.2) is 0 Å². The van der Waals surface area contributed by atoms with Gasteiger partial charge in [-0.15, -0.1) is 0 Å². The lowest BCUT2D eigenvalue weighted by Gasteiger charge is -2.35. The van der Waals surface area contributed by atoms with Gasteiger partial charge in [0, 0.05) is 18.5 Å². The van der Waals surface area contributed by atoms with Crippen molar-refractivity contribution in [1.82, 2.24) is 5.32 Å². The molecule has 1 saturated carbocycles. The maximum atomic E-state index is 3.65. The Morgan fingerprint density at radius 3 is 2.50 bits per heavy atom. The van der Waals surface area contributed by atoms with Gasteiger partial charge in [0.2, 0.25) is 0 Å². The number of hydrogen-bond acceptors (Lipinski definition) is 1. The summed E-state index contributed by atoms with van der Waals surface area (Å²) in [5, 5.41) is 3.65. The molecule has 18 heavy (non-hydrogen) atoms. The Bertz CT molecular complexity index is 360. The van der Waals surface area contributed by atoms with E-state index in [1.807, 2.05) is 0 Å². The van der Waals surface area contributed by atoms with Crippen LogP contribution in [0, 0.1) is 5.41 Å². The summed E-state index contributed by atoms with van der Waals surface area (Å²) in [6.45, 7) is 4.25. The van der Waals surface area contributed by atoms with E-state index in [9.17, 15) is 0 Å². The van der Waals surface area contributed by atoms with Crippen LogP contribution in [0.25, 0.3) is 0 Å². The van der Waals surface area contributed by atoms with Crippen molar-refractivity contribution in [1.29, 1.82) is 0 Å². The summed E-state index contributed by atoms with van der Waals surface area (Å²) in [5.74, 6) is 0. The molecule has 0 heterocycles. The first-order valence-corrected chi connectivity index (χ1v) is 7.23. The highest BCUT2D eigenvalue weighted by atomic mass is 14.9. The topological polar surface area (TPSA) is 12.0 Å². The number of hydrogen-bond donors (Lipinski definition) is 1. The third kappa shape index (κ3) is 3.71. The summed E-state index contributed by atoms with van der Waals surface area (Å²) >= 11 is 0. The van der Waals surface area contributed by atoms with Crippen molar-refractivity contribution in [2.45, 2.75) is 45.6 Å². The van der Waals surface area contributed by atoms with Crippen molar-refractivity contribution >= 4 is 0 Å². The average molecular weight is 243 g/mol. The zero-order valence-corrected chi connectivity index (χ0v) is 11.5. The average Bonchev–Trinajstić information content (AvgIpc) is 2.41. The molecule has 98 valence electrons. The van der Waals surface area contributed by atoms with E-state index in [0.717, 1.165) is 13.1 Å². The summed E-state index contributed by atoms with van der Waals surface area (Å²) in [5.41, 5.74) is 1.80. The first kappa shape index (κ1) is 13.4. The van der Waals surface area contributed by atoms with Crippen molar-refractivity contribution in [3.8, 4) is 0 Å². The molecule has 0 bridgehead atoms. The fourth-order valence-corrected chi connectivity index (χ4v) is 3.06. The van der Waals surface area contributed by atoms with Crippen molar-refractivity contribution in [3.05, 3.63) is 48.0 Å². The largest absolute Gasteiger partial charge is 0.312 e. The van der Waals surface area contributed by atoms with Crippen LogP contribution < -0.4 is 5.32 Å². The van der Waals surface area contributed by atoms with Crippen LogP contribution in [0.1, 0.15) is 44.6 Å². The molecule has 0 unspecified atom stereocenters. The Balaban J connectivity index is 1.86. The summed E-state index contributed by atoms with van der Waals surface area (Å²) in [7, 11) is 0. The summed E-state index contributed by atoms with van der Waals surface area (Å²) in [4.78, 5) is 0. The maximum absolute atomic E-state index is 3.65. The van der Waals surface area contributed by atoms with E-state index in [-0.39, 0.29) is 0 Å². The second-order valence-corrected chi connectivity index (χ2v) is 5.51. The van der Waals surface area contributed by atoms with Gasteiger partial charge in [-0.2, -0.15) is 0 Å². The fourth-order valence-electron chi connectivity index (χ4n) is 3.06. The highest BCUT2D eigenvalue weighted by Gasteiger charge is 2.28. The van der Waals surface area contributed by atoms with Crippen molar-refractivity contribution < 1.29 is 0 Å². The molecule has 0 atom stereocenters. The zero-order valence-electron chi connectivity index (χ0n) is 11.5. The first-order valence-electron chi connectivity index (χ1n) is 7.23. The van der Waals surface area contributed by atoms with Gasteiger partial charge in [-0.1, -0.05) is 61.7 Å². The number of rotatable bonds is 5. The lowest BCUT2D eigenvalue weighted by molar-refractivity contribution is 0.246. The molecule has 2 rings (SSSR count). The molecule has 1 heteroatoms. The smallest absolute Gasteiger partial charge is 0.0205 e. The fraction of sp³-hybridized carbons (Fsp3) is 0.529. The second kappa shape index (κ2) is 6.75. The molecular formula is C17H25N. The predicted octanol–water partition coefficient (Wildman–Crippen LogP) is 4.30. The molecule has 1 N–H and O–H groups in total. The molecule has 1 aromatic rings. The molecule has 0 spiro atoms. The van der Waals surface area contributed by atoms with E-state index in [1.54, 1.807) is 0 Å². The SMILES string of the molecule is C/C=C/C1(CNCc2ccccc2)CCCCC1. The van der Waals surface area contributed by atoms with Gasteiger partial charge in [-0.05, 0) is 25.3 Å². The Morgan fingerprint density at radius 2 is 1.83 bits per heavy atom. The van der Waals surface area contributed by atoms with Crippen LogP contribution in [-0.2, 0) is 6.54 Å². The minimum Gasteiger partial charge on any atom is -0.312 e. The quantitative estimate of drug-likeness (QED) is 0.760. The highest BCUT2D eigenvalue weighted by Crippen LogP contribution is 2.37. The van der Waals surface area contributed by atoms with E-state index in [2.05, 4.69) is 54.7 Å². The normalized spacial score (nSPS) is 19.2. The van der Waals surface area contributed by atoms with E-state index in [0.29, 0.717) is 5.41 Å². The molecular weight excluding hydrogens is 218 g/mol. The minimum absolute atomic E-state index is 0.418. The zero-order chi connectivity index (χ0) is 12.7. The van der Waals surface area contributed by atoms with E-state index in [4.69, 9.17) is 0 Å². The minimum atomic E-state index is 0.418. The van der Waals surface area contributed by atoms with Gasteiger partial charge in [0.25, 0.3) is 0 Å². The lowest BCUT2D eigenvalue weighted by atomic mass is 9.74. The van der Waals surface area contributed by atoms with Gasteiger partial charge in [-0.3, -0.25) is 0 Å².